The van der Waals surface area contributed by atoms with Crippen LogP contribution >= 0.6 is 0 Å². The highest BCUT2D eigenvalue weighted by molar-refractivity contribution is 5.00. The largest absolute Gasteiger partial charge is 0.392 e. The van der Waals surface area contributed by atoms with Gasteiger partial charge in [0.05, 0.1) is 12.2 Å². The molecule has 0 radical (unpaired) electrons. The number of aliphatic hydroxyl groups excluding tert-OH is 2. The zero-order chi connectivity index (χ0) is 7.30. The minimum atomic E-state index is -0.630. The van der Waals surface area contributed by atoms with Gasteiger partial charge in [-0.25, -0.2) is 0 Å². The first-order valence-corrected chi connectivity index (χ1v) is 3.71. The van der Waals surface area contributed by atoms with Crippen LogP contribution in [-0.2, 0) is 4.74 Å². The number of fused-ring (bicyclic) bond motifs is 1. The molecule has 2 fully saturated rings. The van der Waals surface area contributed by atoms with E-state index in [1.165, 1.54) is 0 Å². The van der Waals surface area contributed by atoms with Gasteiger partial charge < -0.3 is 14.9 Å². The lowest BCUT2D eigenvalue weighted by molar-refractivity contribution is -0.163. The molecule has 0 spiro atoms. The Kier molecular flexibility index (Phi) is 1.27. The highest BCUT2D eigenvalue weighted by atomic mass is 16.6. The monoisotopic (exact) mass is 144 g/mol. The molecule has 58 valence electrons. The maximum Gasteiger partial charge on any atom is 0.155 e. The summed E-state index contributed by atoms with van der Waals surface area (Å²) in [4.78, 5) is 0. The molecule has 0 amide bonds. The minimum Gasteiger partial charge on any atom is -0.392 e. The smallest absolute Gasteiger partial charge is 0.155 e. The Labute approximate surface area is 59.6 Å². The van der Waals surface area contributed by atoms with Gasteiger partial charge >= 0.3 is 0 Å². The third kappa shape index (κ3) is 0.654. The second-order valence-electron chi connectivity index (χ2n) is 3.30. The molecule has 3 heteroatoms. The number of rotatable bonds is 0. The molecular formula is C7H12O3. The van der Waals surface area contributed by atoms with Gasteiger partial charge in [0.1, 0.15) is 0 Å². The molecule has 2 aliphatic rings. The molecule has 0 aromatic rings. The molecule has 2 N–H and O–H groups in total. The molecule has 1 aliphatic heterocycles. The fourth-order valence-corrected chi connectivity index (χ4v) is 1.99. The van der Waals surface area contributed by atoms with Gasteiger partial charge in [-0.05, 0) is 0 Å². The first-order valence-electron chi connectivity index (χ1n) is 3.71. The Morgan fingerprint density at radius 3 is 2.70 bits per heavy atom. The van der Waals surface area contributed by atoms with Crippen LogP contribution in [0.4, 0.5) is 0 Å². The maximum atomic E-state index is 9.31. The zero-order valence-corrected chi connectivity index (χ0v) is 5.90. The van der Waals surface area contributed by atoms with Gasteiger partial charge in [0.2, 0.25) is 0 Å². The summed E-state index contributed by atoms with van der Waals surface area (Å²) in [5.74, 6) is 0.409. The average molecular weight is 144 g/mol. The molecule has 0 aromatic carbocycles. The average Bonchev–Trinajstić information content (AvgIpc) is 2.27. The van der Waals surface area contributed by atoms with Crippen molar-refractivity contribution in [2.45, 2.75) is 31.8 Å². The van der Waals surface area contributed by atoms with Crippen molar-refractivity contribution < 1.29 is 14.9 Å². The van der Waals surface area contributed by atoms with E-state index in [-0.39, 0.29) is 24.0 Å². The SMILES string of the molecule is CC1C(O)C2CC(O)OC12. The van der Waals surface area contributed by atoms with E-state index in [1.807, 2.05) is 6.92 Å². The van der Waals surface area contributed by atoms with E-state index in [0.717, 1.165) is 0 Å². The fourth-order valence-electron chi connectivity index (χ4n) is 1.99. The van der Waals surface area contributed by atoms with Gasteiger partial charge in [0, 0.05) is 18.3 Å². The van der Waals surface area contributed by atoms with Crippen LogP contribution in [0.5, 0.6) is 0 Å². The van der Waals surface area contributed by atoms with E-state index in [1.54, 1.807) is 0 Å². The van der Waals surface area contributed by atoms with Crippen LogP contribution in [0.15, 0.2) is 0 Å². The predicted molar refractivity (Wildman–Crippen MR) is 34.2 cm³/mol. The molecule has 1 saturated heterocycles. The predicted octanol–water partition coefficient (Wildman–Crippen LogP) is -0.280. The van der Waals surface area contributed by atoms with Gasteiger partial charge in [-0.1, -0.05) is 6.92 Å². The van der Waals surface area contributed by atoms with E-state index >= 15 is 0 Å². The summed E-state index contributed by atoms with van der Waals surface area (Å²) in [7, 11) is 0. The zero-order valence-electron chi connectivity index (χ0n) is 5.90. The van der Waals surface area contributed by atoms with E-state index in [9.17, 15) is 5.11 Å². The molecule has 2 rings (SSSR count). The third-order valence-corrected chi connectivity index (χ3v) is 2.71. The highest BCUT2D eigenvalue weighted by Gasteiger charge is 2.53. The highest BCUT2D eigenvalue weighted by Crippen LogP contribution is 2.44. The van der Waals surface area contributed by atoms with Crippen molar-refractivity contribution >= 4 is 0 Å². The Morgan fingerprint density at radius 2 is 2.10 bits per heavy atom. The number of ether oxygens (including phenoxy) is 1. The fraction of sp³-hybridized carbons (Fsp3) is 1.00. The summed E-state index contributed by atoms with van der Waals surface area (Å²) in [5, 5.41) is 18.3. The summed E-state index contributed by atoms with van der Waals surface area (Å²) in [5.41, 5.74) is 0. The number of aliphatic hydroxyl groups is 2. The van der Waals surface area contributed by atoms with Crippen LogP contribution in [0.1, 0.15) is 13.3 Å². The van der Waals surface area contributed by atoms with E-state index in [2.05, 4.69) is 0 Å². The van der Waals surface area contributed by atoms with Crippen molar-refractivity contribution in [1.29, 1.82) is 0 Å². The van der Waals surface area contributed by atoms with Gasteiger partial charge in [-0.3, -0.25) is 0 Å². The summed E-state index contributed by atoms with van der Waals surface area (Å²) in [6.45, 7) is 1.95. The van der Waals surface area contributed by atoms with Crippen LogP contribution in [0.3, 0.4) is 0 Å². The second-order valence-corrected chi connectivity index (χ2v) is 3.30. The molecule has 1 heterocycles. The Balaban J connectivity index is 2.04. The normalized spacial score (nSPS) is 59.7. The first kappa shape index (κ1) is 6.58. The van der Waals surface area contributed by atoms with E-state index in [0.29, 0.717) is 6.42 Å². The van der Waals surface area contributed by atoms with Gasteiger partial charge in [0.15, 0.2) is 6.29 Å². The molecule has 0 aromatic heterocycles. The number of hydrogen-bond donors (Lipinski definition) is 2. The summed E-state index contributed by atoms with van der Waals surface area (Å²) in [6, 6.07) is 0. The van der Waals surface area contributed by atoms with E-state index < -0.39 is 6.29 Å². The van der Waals surface area contributed by atoms with E-state index in [4.69, 9.17) is 9.84 Å². The summed E-state index contributed by atoms with van der Waals surface area (Å²) in [6.07, 6.45) is -0.155. The van der Waals surface area contributed by atoms with Crippen LogP contribution in [0.25, 0.3) is 0 Å². The summed E-state index contributed by atoms with van der Waals surface area (Å²) >= 11 is 0. The van der Waals surface area contributed by atoms with Crippen molar-refractivity contribution in [1.82, 2.24) is 0 Å². The van der Waals surface area contributed by atoms with Gasteiger partial charge in [-0.2, -0.15) is 0 Å². The standard InChI is InChI=1S/C7H12O3/c1-3-6(9)4-2-5(8)10-7(3)4/h3-9H,2H2,1H3. The molecule has 0 bridgehead atoms. The van der Waals surface area contributed by atoms with Gasteiger partial charge in [0.25, 0.3) is 0 Å². The molecular weight excluding hydrogens is 132 g/mol. The molecule has 3 nitrogen and oxygen atoms in total. The molecule has 1 saturated carbocycles. The molecule has 5 unspecified atom stereocenters. The lowest BCUT2D eigenvalue weighted by atomic mass is 9.70. The van der Waals surface area contributed by atoms with Gasteiger partial charge in [-0.15, -0.1) is 0 Å². The van der Waals surface area contributed by atoms with Crippen LogP contribution in [-0.4, -0.2) is 28.7 Å². The minimum absolute atomic E-state index is 0.116. The lowest BCUT2D eigenvalue weighted by Crippen LogP contribution is -2.51. The van der Waals surface area contributed by atoms with Crippen molar-refractivity contribution in [3.63, 3.8) is 0 Å². The maximum absolute atomic E-state index is 9.31. The lowest BCUT2D eigenvalue weighted by Gasteiger charge is -2.41. The third-order valence-electron chi connectivity index (χ3n) is 2.71. The molecule has 10 heavy (non-hydrogen) atoms. The Morgan fingerprint density at radius 1 is 1.40 bits per heavy atom. The van der Waals surface area contributed by atoms with Crippen LogP contribution in [0.2, 0.25) is 0 Å². The quantitative estimate of drug-likeness (QED) is 0.491. The van der Waals surface area contributed by atoms with Crippen LogP contribution < -0.4 is 0 Å². The van der Waals surface area contributed by atoms with Crippen molar-refractivity contribution in [3.05, 3.63) is 0 Å². The summed E-state index contributed by atoms with van der Waals surface area (Å²) < 4.78 is 5.14. The van der Waals surface area contributed by atoms with Crippen molar-refractivity contribution in [3.8, 4) is 0 Å². The van der Waals surface area contributed by atoms with Crippen molar-refractivity contribution in [2.24, 2.45) is 11.8 Å². The second kappa shape index (κ2) is 1.94. The van der Waals surface area contributed by atoms with Crippen molar-refractivity contribution in [2.75, 3.05) is 0 Å². The number of hydrogen-bond acceptors (Lipinski definition) is 3. The topological polar surface area (TPSA) is 49.7 Å². The first-order chi connectivity index (χ1) is 4.70. The van der Waals surface area contributed by atoms with Crippen LogP contribution in [0, 0.1) is 11.8 Å². The molecule has 5 atom stereocenters. The Bertz CT molecular complexity index is 132. The molecule has 1 aliphatic carbocycles. The Hall–Kier alpha value is -0.120.